The molecule has 0 unspecified atom stereocenters. The summed E-state index contributed by atoms with van der Waals surface area (Å²) >= 11 is -2.11. The first kappa shape index (κ1) is 29.3. The molecule has 0 aromatic heterocycles. The van der Waals surface area contributed by atoms with E-state index < -0.39 is 28.4 Å². The number of fused-ring (bicyclic) bond motifs is 2. The van der Waals surface area contributed by atoms with Crippen LogP contribution in [0.25, 0.3) is 32.7 Å². The third-order valence-electron chi connectivity index (χ3n) is 8.00. The molecule has 38 heavy (non-hydrogen) atoms. The zero-order chi connectivity index (χ0) is 24.8. The SMILES string of the molecule is CC1=[C]([Hf+2]([C]2=C(C)C(c3cccc4ccccc34)=CC2)=[Ge]([CH3])[CH3])CC=C1c1cccc2ccccc12.[Cl-].[Cl-]. The van der Waals surface area contributed by atoms with Crippen molar-refractivity contribution in [2.24, 2.45) is 0 Å². The van der Waals surface area contributed by atoms with E-state index in [4.69, 9.17) is 0 Å². The maximum atomic E-state index is 2.66. The van der Waals surface area contributed by atoms with E-state index in [1.165, 1.54) is 56.7 Å². The van der Waals surface area contributed by atoms with E-state index in [9.17, 15) is 0 Å². The number of allylic oxidation sites excluding steroid dienone is 8. The van der Waals surface area contributed by atoms with Crippen molar-refractivity contribution >= 4 is 42.7 Å². The number of benzene rings is 4. The topological polar surface area (TPSA) is 0 Å². The van der Waals surface area contributed by atoms with Gasteiger partial charge in [0.05, 0.1) is 0 Å². The van der Waals surface area contributed by atoms with Crippen molar-refractivity contribution in [2.75, 3.05) is 0 Å². The molecule has 2 aliphatic carbocycles. The predicted octanol–water partition coefficient (Wildman–Crippen LogP) is 3.69. The molecule has 0 nitrogen and oxygen atoms in total. The Bertz CT molecular complexity index is 1580. The fourth-order valence-corrected chi connectivity index (χ4v) is 48.4. The van der Waals surface area contributed by atoms with Crippen LogP contribution in [-0.2, 0) is 18.3 Å². The van der Waals surface area contributed by atoms with Crippen LogP contribution in [0.1, 0.15) is 37.8 Å². The molecule has 4 aromatic carbocycles. The van der Waals surface area contributed by atoms with Crippen LogP contribution in [0.4, 0.5) is 0 Å². The predicted molar refractivity (Wildman–Crippen MR) is 156 cm³/mol. The minimum absolute atomic E-state index is 0. The number of halogens is 2. The van der Waals surface area contributed by atoms with E-state index in [0.29, 0.717) is 0 Å². The molecule has 4 heteroatoms. The molecule has 0 saturated carbocycles. The first-order valence-electron chi connectivity index (χ1n) is 13.0. The number of rotatable bonds is 4. The van der Waals surface area contributed by atoms with E-state index in [1.807, 2.05) is 6.66 Å². The first-order valence-corrected chi connectivity index (χ1v) is 31.2. The van der Waals surface area contributed by atoms with Gasteiger partial charge in [-0.1, -0.05) is 0 Å². The van der Waals surface area contributed by atoms with Crippen molar-refractivity contribution < 1.29 is 43.2 Å². The van der Waals surface area contributed by atoms with Crippen molar-refractivity contribution in [3.8, 4) is 0 Å². The minimum atomic E-state index is -2.11. The summed E-state index contributed by atoms with van der Waals surface area (Å²) in [5.74, 6) is 5.32. The molecule has 0 amide bonds. The largest absolute Gasteiger partial charge is 1.00 e. The summed E-state index contributed by atoms with van der Waals surface area (Å²) in [5, 5.41) is 5.46. The average Bonchev–Trinajstić information content (AvgIpc) is 3.46. The summed E-state index contributed by atoms with van der Waals surface area (Å²) in [5.41, 5.74) is 9.07. The van der Waals surface area contributed by atoms with Gasteiger partial charge in [-0.3, -0.25) is 0 Å². The summed E-state index contributed by atoms with van der Waals surface area (Å²) in [7, 11) is -1.09. The van der Waals surface area contributed by atoms with E-state index in [2.05, 4.69) is 122 Å². The number of hydrogen-bond donors (Lipinski definition) is 0. The van der Waals surface area contributed by atoms with Gasteiger partial charge in [-0.15, -0.1) is 0 Å². The zero-order valence-corrected chi connectivity index (χ0v) is 29.6. The van der Waals surface area contributed by atoms with Crippen LogP contribution in [-0.4, -0.2) is 10.1 Å². The Kier molecular flexibility index (Phi) is 9.46. The third kappa shape index (κ3) is 5.12. The van der Waals surface area contributed by atoms with E-state index in [-0.39, 0.29) is 24.8 Å². The van der Waals surface area contributed by atoms with Crippen LogP contribution in [0, 0.1) is 0 Å². The molecule has 0 radical (unpaired) electrons. The molecule has 0 spiro atoms. The molecule has 6 rings (SSSR count). The quantitative estimate of drug-likeness (QED) is 0.279. The molecule has 0 fully saturated rings. The molecule has 0 saturated heterocycles. The summed E-state index contributed by atoms with van der Waals surface area (Å²) in [6.45, 7) is 4.87. The maximum absolute atomic E-state index is 2.66. The second-order valence-electron chi connectivity index (χ2n) is 10.3. The normalized spacial score (nSPS) is 14.6. The summed E-state index contributed by atoms with van der Waals surface area (Å²) in [6.07, 6.45) is 7.49. The van der Waals surface area contributed by atoms with Crippen molar-refractivity contribution in [3.05, 3.63) is 126 Å². The van der Waals surface area contributed by atoms with Gasteiger partial charge in [-0.25, -0.2) is 0 Å². The summed E-state index contributed by atoms with van der Waals surface area (Å²) in [6, 6.07) is 31.3. The van der Waals surface area contributed by atoms with Crippen LogP contribution < -0.4 is 24.8 Å². The third-order valence-corrected chi connectivity index (χ3v) is 47.6. The monoisotopic (exact) mass is 764 g/mol. The van der Waals surface area contributed by atoms with Crippen molar-refractivity contribution in [1.29, 1.82) is 0 Å². The Morgan fingerprint density at radius 3 is 1.37 bits per heavy atom. The fourth-order valence-electron chi connectivity index (χ4n) is 6.26. The Labute approximate surface area is 248 Å². The fraction of sp³-hybridized carbons (Fsp3) is 0.176. The molecule has 4 aromatic rings. The summed E-state index contributed by atoms with van der Waals surface area (Å²) < 4.78 is 3.79. The number of hydrogen-bond acceptors (Lipinski definition) is 0. The standard InChI is InChI=1S/2C16H13.C2H6Ge.2ClH.Hf/c2*1-12-6-4-10-14(12)16-11-5-8-13-7-2-3-9-15(13)16;1-3-2;;;/h2*2-3,5,7-11H,4H2,1H3;1-2H3;2*1H;/q;;;;;+2/p-2. The molecule has 0 atom stereocenters. The van der Waals surface area contributed by atoms with Gasteiger partial charge in [-0.2, -0.15) is 0 Å². The molecule has 2 aliphatic rings. The van der Waals surface area contributed by atoms with Crippen LogP contribution >= 0.6 is 0 Å². The second kappa shape index (κ2) is 12.3. The van der Waals surface area contributed by atoms with Gasteiger partial charge in [0, 0.05) is 0 Å². The minimum Gasteiger partial charge on any atom is -1.00 e. The van der Waals surface area contributed by atoms with Gasteiger partial charge in [0.2, 0.25) is 0 Å². The van der Waals surface area contributed by atoms with Crippen LogP contribution in [0.15, 0.2) is 115 Å². The molecule has 0 bridgehead atoms. The van der Waals surface area contributed by atoms with E-state index in [1.54, 1.807) is 11.1 Å². The van der Waals surface area contributed by atoms with Gasteiger partial charge < -0.3 is 24.8 Å². The van der Waals surface area contributed by atoms with Crippen molar-refractivity contribution in [3.63, 3.8) is 0 Å². The molecule has 0 aliphatic heterocycles. The van der Waals surface area contributed by atoms with Gasteiger partial charge >= 0.3 is 225 Å². The molecule has 0 heterocycles. The second-order valence-corrected chi connectivity index (χ2v) is 48.8. The van der Waals surface area contributed by atoms with E-state index in [0.717, 1.165) is 0 Å². The maximum Gasteiger partial charge on any atom is -1.00 e. The van der Waals surface area contributed by atoms with Crippen molar-refractivity contribution in [1.82, 2.24) is 0 Å². The van der Waals surface area contributed by atoms with E-state index >= 15 is 0 Å². The molecular formula is C34H32Cl2GeHf. The molecule has 0 N–H and O–H groups in total. The van der Waals surface area contributed by atoms with Crippen LogP contribution in [0.3, 0.4) is 0 Å². The molecular weight excluding hydrogens is 730 g/mol. The van der Waals surface area contributed by atoms with Crippen LogP contribution in [0.2, 0.25) is 11.5 Å². The Balaban J connectivity index is 0.00000168. The van der Waals surface area contributed by atoms with Crippen molar-refractivity contribution in [2.45, 2.75) is 38.2 Å². The average molecular weight is 763 g/mol. The van der Waals surface area contributed by atoms with Gasteiger partial charge in [0.1, 0.15) is 0 Å². The van der Waals surface area contributed by atoms with Crippen LogP contribution in [0.5, 0.6) is 0 Å². The summed E-state index contributed by atoms with van der Waals surface area (Å²) in [4.78, 5) is 0. The Morgan fingerprint density at radius 2 is 0.947 bits per heavy atom. The van der Waals surface area contributed by atoms with Gasteiger partial charge in [0.25, 0.3) is 0 Å². The smallest absolute Gasteiger partial charge is 1.00 e. The van der Waals surface area contributed by atoms with Gasteiger partial charge in [0.15, 0.2) is 0 Å². The molecule has 190 valence electrons. The van der Waals surface area contributed by atoms with Gasteiger partial charge in [-0.05, 0) is 0 Å². The zero-order valence-electron chi connectivity index (χ0n) is 22.4. The first-order chi connectivity index (χ1) is 17.5. The Morgan fingerprint density at radius 1 is 0.553 bits per heavy atom. The Hall–Kier alpha value is -1.65.